The Balaban J connectivity index is 2.30. The van der Waals surface area contributed by atoms with E-state index in [0.717, 1.165) is 11.1 Å². The van der Waals surface area contributed by atoms with Gasteiger partial charge in [0.15, 0.2) is 0 Å². The summed E-state index contributed by atoms with van der Waals surface area (Å²) in [6.07, 6.45) is 5.84. The first-order valence-electron chi connectivity index (χ1n) is 7.28. The molecule has 0 aliphatic heterocycles. The van der Waals surface area contributed by atoms with Crippen molar-refractivity contribution in [1.82, 2.24) is 0 Å². The first-order chi connectivity index (χ1) is 10.6. The van der Waals surface area contributed by atoms with Crippen molar-refractivity contribution in [3.8, 4) is 0 Å². The summed E-state index contributed by atoms with van der Waals surface area (Å²) < 4.78 is 0. The van der Waals surface area contributed by atoms with Gasteiger partial charge in [0, 0.05) is 11.5 Å². The molecule has 1 atom stereocenters. The molecular formula is C20H20O2. The van der Waals surface area contributed by atoms with Gasteiger partial charge in [-0.1, -0.05) is 78.4 Å². The molecule has 0 aliphatic carbocycles. The number of aryl methyl sites for hydroxylation is 1. The quantitative estimate of drug-likeness (QED) is 0.802. The first-order valence-corrected chi connectivity index (χ1v) is 7.28. The highest BCUT2D eigenvalue weighted by molar-refractivity contribution is 5.86. The van der Waals surface area contributed by atoms with Crippen LogP contribution in [0.5, 0.6) is 0 Å². The zero-order valence-electron chi connectivity index (χ0n) is 12.9. The van der Waals surface area contributed by atoms with Crippen LogP contribution in [0.15, 0.2) is 72.3 Å². The van der Waals surface area contributed by atoms with Crippen molar-refractivity contribution in [2.24, 2.45) is 0 Å². The molecule has 2 nitrogen and oxygen atoms in total. The van der Waals surface area contributed by atoms with Gasteiger partial charge in [-0.05, 0) is 25.0 Å². The van der Waals surface area contributed by atoms with Crippen LogP contribution >= 0.6 is 0 Å². The van der Waals surface area contributed by atoms with Crippen molar-refractivity contribution in [2.45, 2.75) is 19.8 Å². The zero-order valence-corrected chi connectivity index (χ0v) is 12.9. The fourth-order valence-electron chi connectivity index (χ4n) is 2.17. The van der Waals surface area contributed by atoms with E-state index in [2.05, 4.69) is 31.2 Å². The van der Waals surface area contributed by atoms with Crippen molar-refractivity contribution in [1.29, 1.82) is 0 Å². The Morgan fingerprint density at radius 3 is 2.27 bits per heavy atom. The number of aliphatic carboxylic acids is 1. The largest absolute Gasteiger partial charge is 0.478 e. The number of hydrogen-bond donors (Lipinski definition) is 1. The molecular weight excluding hydrogens is 272 g/mol. The van der Waals surface area contributed by atoms with Gasteiger partial charge < -0.3 is 5.11 Å². The SMILES string of the molecule is CC(=CC(C=Cc1ccc(C)cc1)c1ccccc1)C(=O)O. The van der Waals surface area contributed by atoms with Crippen LogP contribution in [0.3, 0.4) is 0 Å². The molecule has 2 aromatic rings. The number of rotatable bonds is 5. The fourth-order valence-corrected chi connectivity index (χ4v) is 2.17. The van der Waals surface area contributed by atoms with Crippen LogP contribution in [0, 0.1) is 6.92 Å². The zero-order chi connectivity index (χ0) is 15.9. The maximum Gasteiger partial charge on any atom is 0.330 e. The van der Waals surface area contributed by atoms with E-state index in [9.17, 15) is 4.79 Å². The second-order valence-electron chi connectivity index (χ2n) is 5.36. The van der Waals surface area contributed by atoms with Crippen molar-refractivity contribution < 1.29 is 9.90 Å². The predicted molar refractivity (Wildman–Crippen MR) is 90.8 cm³/mol. The van der Waals surface area contributed by atoms with E-state index in [4.69, 9.17) is 5.11 Å². The number of allylic oxidation sites excluding steroid dienone is 2. The number of hydrogen-bond acceptors (Lipinski definition) is 1. The Morgan fingerprint density at radius 2 is 1.68 bits per heavy atom. The first kappa shape index (κ1) is 15.8. The van der Waals surface area contributed by atoms with Gasteiger partial charge in [-0.25, -0.2) is 4.79 Å². The monoisotopic (exact) mass is 292 g/mol. The summed E-state index contributed by atoms with van der Waals surface area (Å²) in [6.45, 7) is 3.68. The minimum absolute atomic E-state index is 0.0568. The van der Waals surface area contributed by atoms with Crippen molar-refractivity contribution in [3.05, 3.63) is 89.0 Å². The van der Waals surface area contributed by atoms with Gasteiger partial charge in [0.05, 0.1) is 0 Å². The lowest BCUT2D eigenvalue weighted by atomic mass is 9.95. The summed E-state index contributed by atoms with van der Waals surface area (Å²) in [5.41, 5.74) is 3.75. The smallest absolute Gasteiger partial charge is 0.330 e. The Labute approximate surface area is 131 Å². The van der Waals surface area contributed by atoms with Gasteiger partial charge >= 0.3 is 5.97 Å². The molecule has 0 saturated carbocycles. The molecule has 0 amide bonds. The van der Waals surface area contributed by atoms with Crippen LogP contribution in [0.2, 0.25) is 0 Å². The predicted octanol–water partition coefficient (Wildman–Crippen LogP) is 4.82. The van der Waals surface area contributed by atoms with Crippen molar-refractivity contribution in [3.63, 3.8) is 0 Å². The van der Waals surface area contributed by atoms with Gasteiger partial charge in [0.1, 0.15) is 0 Å². The topological polar surface area (TPSA) is 37.3 Å². The van der Waals surface area contributed by atoms with Crippen LogP contribution in [0.25, 0.3) is 6.08 Å². The lowest BCUT2D eigenvalue weighted by molar-refractivity contribution is -0.132. The third kappa shape index (κ3) is 4.45. The number of carboxylic acids is 1. The summed E-state index contributed by atoms with van der Waals surface area (Å²) in [6, 6.07) is 18.1. The van der Waals surface area contributed by atoms with Gasteiger partial charge in [-0.2, -0.15) is 0 Å². The van der Waals surface area contributed by atoms with Crippen LogP contribution < -0.4 is 0 Å². The molecule has 112 valence electrons. The maximum atomic E-state index is 11.1. The number of carbonyl (C=O) groups is 1. The minimum Gasteiger partial charge on any atom is -0.478 e. The van der Waals surface area contributed by atoms with Crippen molar-refractivity contribution in [2.75, 3.05) is 0 Å². The molecule has 0 aromatic heterocycles. The highest BCUT2D eigenvalue weighted by Gasteiger charge is 2.08. The summed E-state index contributed by atoms with van der Waals surface area (Å²) in [5, 5.41) is 9.10. The third-order valence-electron chi connectivity index (χ3n) is 3.52. The Hall–Kier alpha value is -2.61. The molecule has 0 fully saturated rings. The third-order valence-corrected chi connectivity index (χ3v) is 3.52. The lowest BCUT2D eigenvalue weighted by Gasteiger charge is -2.09. The Morgan fingerprint density at radius 1 is 1.05 bits per heavy atom. The van der Waals surface area contributed by atoms with Gasteiger partial charge in [-0.3, -0.25) is 0 Å². The second kappa shape index (κ2) is 7.41. The van der Waals surface area contributed by atoms with Crippen LogP contribution in [0.4, 0.5) is 0 Å². The summed E-state index contributed by atoms with van der Waals surface area (Å²) in [4.78, 5) is 11.1. The summed E-state index contributed by atoms with van der Waals surface area (Å²) in [5.74, 6) is -0.941. The molecule has 1 unspecified atom stereocenters. The minimum atomic E-state index is -0.885. The molecule has 0 saturated heterocycles. The van der Waals surface area contributed by atoms with Gasteiger partial charge in [-0.15, -0.1) is 0 Å². The van der Waals surface area contributed by atoms with Gasteiger partial charge in [0.2, 0.25) is 0 Å². The maximum absolute atomic E-state index is 11.1. The molecule has 0 spiro atoms. The van der Waals surface area contributed by atoms with Crippen molar-refractivity contribution >= 4 is 12.0 Å². The Bertz CT molecular complexity index is 679. The summed E-state index contributed by atoms with van der Waals surface area (Å²) >= 11 is 0. The second-order valence-corrected chi connectivity index (χ2v) is 5.36. The molecule has 2 heteroatoms. The van der Waals surface area contributed by atoms with Crippen LogP contribution in [0.1, 0.15) is 29.5 Å². The van der Waals surface area contributed by atoms with Crippen LogP contribution in [-0.4, -0.2) is 11.1 Å². The molecule has 0 aliphatic rings. The average molecular weight is 292 g/mol. The fraction of sp³-hybridized carbons (Fsp3) is 0.150. The normalized spacial score (nSPS) is 13.3. The van der Waals surface area contributed by atoms with E-state index in [1.54, 1.807) is 13.0 Å². The van der Waals surface area contributed by atoms with E-state index in [0.29, 0.717) is 5.57 Å². The molecule has 0 heterocycles. The number of carboxylic acid groups (broad SMARTS) is 1. The average Bonchev–Trinajstić information content (AvgIpc) is 2.53. The van der Waals surface area contributed by atoms with E-state index >= 15 is 0 Å². The molecule has 2 aromatic carbocycles. The van der Waals surface area contributed by atoms with Gasteiger partial charge in [0.25, 0.3) is 0 Å². The van der Waals surface area contributed by atoms with E-state index in [-0.39, 0.29) is 5.92 Å². The van der Waals surface area contributed by atoms with E-state index < -0.39 is 5.97 Å². The van der Waals surface area contributed by atoms with E-state index in [1.807, 2.05) is 42.5 Å². The van der Waals surface area contributed by atoms with E-state index in [1.165, 1.54) is 5.56 Å². The highest BCUT2D eigenvalue weighted by Crippen LogP contribution is 2.22. The Kier molecular flexibility index (Phi) is 5.31. The molecule has 22 heavy (non-hydrogen) atoms. The van der Waals surface area contributed by atoms with Crippen LogP contribution in [-0.2, 0) is 4.79 Å². The molecule has 1 N–H and O–H groups in total. The number of benzene rings is 2. The molecule has 0 radical (unpaired) electrons. The lowest BCUT2D eigenvalue weighted by Crippen LogP contribution is -2.00. The molecule has 0 bridgehead atoms. The standard InChI is InChI=1S/C20H20O2/c1-15-8-10-17(11-9-15)12-13-19(14-16(2)20(21)22)18-6-4-3-5-7-18/h3-14,19H,1-2H3,(H,21,22). The summed E-state index contributed by atoms with van der Waals surface area (Å²) in [7, 11) is 0. The molecule has 2 rings (SSSR count). The highest BCUT2D eigenvalue weighted by atomic mass is 16.4.